The molecule has 2 nitrogen and oxygen atoms in total. The van der Waals surface area contributed by atoms with Crippen LogP contribution in [0.2, 0.25) is 0 Å². The number of piperidine rings is 1. The van der Waals surface area contributed by atoms with Crippen LogP contribution in [0.5, 0.6) is 0 Å². The Hall–Kier alpha value is -1.00. The predicted octanol–water partition coefficient (Wildman–Crippen LogP) is 2.51. The summed E-state index contributed by atoms with van der Waals surface area (Å²) in [6, 6.07) is 10.5. The third-order valence-corrected chi connectivity index (χ3v) is 3.32. The normalized spacial score (nSPS) is 21.4. The molecule has 1 aromatic carbocycles. The van der Waals surface area contributed by atoms with Gasteiger partial charge in [-0.1, -0.05) is 30.3 Å². The number of hydrogen-bond acceptors (Lipinski definition) is 2. The summed E-state index contributed by atoms with van der Waals surface area (Å²) in [7, 11) is 0. The molecular weight excluding hydrogens is 234 g/mol. The molecule has 4 heteroatoms. The van der Waals surface area contributed by atoms with Crippen LogP contribution in [-0.2, 0) is 6.54 Å². The summed E-state index contributed by atoms with van der Waals surface area (Å²) in [6.07, 6.45) is -0.180. The van der Waals surface area contributed by atoms with Crippen molar-refractivity contribution in [3.05, 3.63) is 35.9 Å². The molecule has 0 bridgehead atoms. The average molecular weight is 254 g/mol. The molecule has 100 valence electrons. The summed E-state index contributed by atoms with van der Waals surface area (Å²) < 4.78 is 24.3. The number of likely N-dealkylation sites (tertiary alicyclic amines) is 1. The van der Waals surface area contributed by atoms with Crippen molar-refractivity contribution >= 4 is 0 Å². The molecule has 1 aromatic rings. The number of alkyl halides is 2. The summed E-state index contributed by atoms with van der Waals surface area (Å²) >= 11 is 0. The lowest BCUT2D eigenvalue weighted by molar-refractivity contribution is 0.124. The van der Waals surface area contributed by atoms with E-state index in [9.17, 15) is 8.78 Å². The fourth-order valence-corrected chi connectivity index (χ4v) is 2.46. The standard InChI is InChI=1S/C14H20F2N2/c15-14(16)9-17-13-7-4-8-18(11-13)10-12-5-2-1-3-6-12/h1-3,5-6,13-14,17H,4,7-11H2. The van der Waals surface area contributed by atoms with E-state index in [0.29, 0.717) is 0 Å². The second kappa shape index (κ2) is 6.81. The minimum Gasteiger partial charge on any atom is -0.307 e. The van der Waals surface area contributed by atoms with Crippen LogP contribution >= 0.6 is 0 Å². The molecule has 1 aliphatic rings. The molecule has 0 saturated carbocycles. The summed E-state index contributed by atoms with van der Waals surface area (Å²) in [4.78, 5) is 2.34. The maximum Gasteiger partial charge on any atom is 0.250 e. The van der Waals surface area contributed by atoms with Crippen molar-refractivity contribution in [3.8, 4) is 0 Å². The van der Waals surface area contributed by atoms with Crippen molar-refractivity contribution in [2.45, 2.75) is 31.9 Å². The SMILES string of the molecule is FC(F)CNC1CCCN(Cc2ccccc2)C1. The van der Waals surface area contributed by atoms with Crippen molar-refractivity contribution in [1.82, 2.24) is 10.2 Å². The quantitative estimate of drug-likeness (QED) is 0.868. The van der Waals surface area contributed by atoms with Gasteiger partial charge >= 0.3 is 0 Å². The number of benzene rings is 1. The van der Waals surface area contributed by atoms with E-state index in [1.807, 2.05) is 18.2 Å². The van der Waals surface area contributed by atoms with Crippen LogP contribution in [0.15, 0.2) is 30.3 Å². The van der Waals surface area contributed by atoms with Crippen molar-refractivity contribution in [1.29, 1.82) is 0 Å². The fraction of sp³-hybridized carbons (Fsp3) is 0.571. The number of nitrogens with zero attached hydrogens (tertiary/aromatic N) is 1. The van der Waals surface area contributed by atoms with Gasteiger partial charge in [0.25, 0.3) is 6.43 Å². The van der Waals surface area contributed by atoms with Gasteiger partial charge in [0, 0.05) is 19.1 Å². The molecular formula is C14H20F2N2. The molecule has 1 unspecified atom stereocenters. The Labute approximate surface area is 107 Å². The molecule has 1 saturated heterocycles. The minimum atomic E-state index is -2.26. The molecule has 1 aliphatic heterocycles. The number of rotatable bonds is 5. The minimum absolute atomic E-state index is 0.191. The molecule has 1 heterocycles. The second-order valence-corrected chi connectivity index (χ2v) is 4.86. The fourth-order valence-electron chi connectivity index (χ4n) is 2.46. The number of hydrogen-bond donors (Lipinski definition) is 1. The number of nitrogens with one attached hydrogen (secondary N) is 1. The van der Waals surface area contributed by atoms with E-state index in [1.165, 1.54) is 5.56 Å². The van der Waals surface area contributed by atoms with Gasteiger partial charge in [0.15, 0.2) is 0 Å². The van der Waals surface area contributed by atoms with E-state index >= 15 is 0 Å². The van der Waals surface area contributed by atoms with Crippen molar-refractivity contribution in [3.63, 3.8) is 0 Å². The van der Waals surface area contributed by atoms with Crippen molar-refractivity contribution in [2.24, 2.45) is 0 Å². The van der Waals surface area contributed by atoms with Gasteiger partial charge in [-0.2, -0.15) is 0 Å². The van der Waals surface area contributed by atoms with Crippen LogP contribution in [0.25, 0.3) is 0 Å². The van der Waals surface area contributed by atoms with Crippen LogP contribution in [0.3, 0.4) is 0 Å². The molecule has 0 aromatic heterocycles. The molecule has 0 radical (unpaired) electrons. The molecule has 0 aliphatic carbocycles. The van der Waals surface area contributed by atoms with Crippen LogP contribution in [-0.4, -0.2) is 37.0 Å². The van der Waals surface area contributed by atoms with E-state index in [2.05, 4.69) is 22.3 Å². The lowest BCUT2D eigenvalue weighted by atomic mass is 10.0. The predicted molar refractivity (Wildman–Crippen MR) is 68.7 cm³/mol. The highest BCUT2D eigenvalue weighted by Crippen LogP contribution is 2.13. The molecule has 1 fully saturated rings. The van der Waals surface area contributed by atoms with Crippen molar-refractivity contribution in [2.75, 3.05) is 19.6 Å². The highest BCUT2D eigenvalue weighted by atomic mass is 19.3. The first-order chi connectivity index (χ1) is 8.74. The Morgan fingerprint density at radius 3 is 2.78 bits per heavy atom. The monoisotopic (exact) mass is 254 g/mol. The Balaban J connectivity index is 1.79. The maximum atomic E-state index is 12.2. The van der Waals surface area contributed by atoms with Gasteiger partial charge in [-0.3, -0.25) is 4.90 Å². The Morgan fingerprint density at radius 1 is 1.28 bits per heavy atom. The molecule has 0 amide bonds. The van der Waals surface area contributed by atoms with Gasteiger partial charge in [0.2, 0.25) is 0 Å². The van der Waals surface area contributed by atoms with E-state index < -0.39 is 6.43 Å². The first-order valence-corrected chi connectivity index (χ1v) is 6.52. The van der Waals surface area contributed by atoms with Gasteiger partial charge in [-0.15, -0.1) is 0 Å². The first kappa shape index (κ1) is 13.4. The largest absolute Gasteiger partial charge is 0.307 e. The summed E-state index contributed by atoms with van der Waals surface area (Å²) in [5.74, 6) is 0. The van der Waals surface area contributed by atoms with Gasteiger partial charge in [-0.05, 0) is 24.9 Å². The van der Waals surface area contributed by atoms with Crippen LogP contribution in [0, 0.1) is 0 Å². The van der Waals surface area contributed by atoms with E-state index in [-0.39, 0.29) is 12.6 Å². The smallest absolute Gasteiger partial charge is 0.250 e. The first-order valence-electron chi connectivity index (χ1n) is 6.52. The third kappa shape index (κ3) is 4.35. The second-order valence-electron chi connectivity index (χ2n) is 4.86. The molecule has 1 atom stereocenters. The molecule has 2 rings (SSSR count). The van der Waals surface area contributed by atoms with Gasteiger partial charge in [0.05, 0.1) is 6.54 Å². The van der Waals surface area contributed by atoms with E-state index in [0.717, 1.165) is 32.5 Å². The van der Waals surface area contributed by atoms with Gasteiger partial charge in [-0.25, -0.2) is 8.78 Å². The Morgan fingerprint density at radius 2 is 2.06 bits per heavy atom. The van der Waals surface area contributed by atoms with E-state index in [1.54, 1.807) is 0 Å². The Kier molecular flexibility index (Phi) is 5.08. The van der Waals surface area contributed by atoms with Gasteiger partial charge < -0.3 is 5.32 Å². The highest BCUT2D eigenvalue weighted by Gasteiger charge is 2.20. The zero-order chi connectivity index (χ0) is 12.8. The van der Waals surface area contributed by atoms with Crippen molar-refractivity contribution < 1.29 is 8.78 Å². The summed E-state index contributed by atoms with van der Waals surface area (Å²) in [5, 5.41) is 2.95. The van der Waals surface area contributed by atoms with Crippen LogP contribution in [0.4, 0.5) is 8.78 Å². The summed E-state index contributed by atoms with van der Waals surface area (Å²) in [5.41, 5.74) is 1.28. The highest BCUT2D eigenvalue weighted by molar-refractivity contribution is 5.14. The third-order valence-electron chi connectivity index (χ3n) is 3.32. The molecule has 18 heavy (non-hydrogen) atoms. The number of halogens is 2. The lowest BCUT2D eigenvalue weighted by Gasteiger charge is -2.33. The summed E-state index contributed by atoms with van der Waals surface area (Å²) in [6.45, 7) is 2.64. The van der Waals surface area contributed by atoms with Gasteiger partial charge in [0.1, 0.15) is 0 Å². The lowest BCUT2D eigenvalue weighted by Crippen LogP contribution is -2.46. The molecule has 1 N–H and O–H groups in total. The maximum absolute atomic E-state index is 12.2. The zero-order valence-corrected chi connectivity index (χ0v) is 10.5. The Bertz CT molecular complexity index is 343. The van der Waals surface area contributed by atoms with E-state index in [4.69, 9.17) is 0 Å². The molecule has 0 spiro atoms. The average Bonchev–Trinajstić information content (AvgIpc) is 2.38. The topological polar surface area (TPSA) is 15.3 Å². The van der Waals surface area contributed by atoms with Crippen LogP contribution < -0.4 is 5.32 Å². The zero-order valence-electron chi connectivity index (χ0n) is 10.5. The van der Waals surface area contributed by atoms with Crippen LogP contribution in [0.1, 0.15) is 18.4 Å².